The fourth-order valence-corrected chi connectivity index (χ4v) is 3.16. The molecular formula is C18H16N4OS. The molecule has 0 aliphatic rings. The molecule has 0 saturated heterocycles. The second-order valence-electron chi connectivity index (χ2n) is 5.05. The Labute approximate surface area is 144 Å². The first kappa shape index (κ1) is 16.1. The number of aromatic nitrogens is 3. The lowest BCUT2D eigenvalue weighted by Gasteiger charge is -2.08. The Morgan fingerprint density at radius 3 is 2.62 bits per heavy atom. The Kier molecular flexibility index (Phi) is 4.86. The number of nitrogens with zero attached hydrogens (tertiary/aromatic N) is 3. The van der Waals surface area contributed by atoms with E-state index < -0.39 is 5.91 Å². The normalized spacial score (nSPS) is 10.5. The molecule has 0 fully saturated rings. The Hall–Kier alpha value is -2.73. The summed E-state index contributed by atoms with van der Waals surface area (Å²) in [6, 6.07) is 14.8. The highest BCUT2D eigenvalue weighted by Crippen LogP contribution is 2.30. The zero-order chi connectivity index (χ0) is 16.9. The van der Waals surface area contributed by atoms with Gasteiger partial charge in [-0.2, -0.15) is 0 Å². The van der Waals surface area contributed by atoms with Gasteiger partial charge in [0.15, 0.2) is 5.82 Å². The van der Waals surface area contributed by atoms with Gasteiger partial charge >= 0.3 is 0 Å². The van der Waals surface area contributed by atoms with Gasteiger partial charge in [0.25, 0.3) is 0 Å². The van der Waals surface area contributed by atoms with E-state index in [0.717, 1.165) is 27.7 Å². The fraction of sp³-hybridized carbons (Fsp3) is 0.111. The molecule has 3 rings (SSSR count). The zero-order valence-corrected chi connectivity index (χ0v) is 14.0. The van der Waals surface area contributed by atoms with Gasteiger partial charge in [-0.05, 0) is 36.8 Å². The summed E-state index contributed by atoms with van der Waals surface area (Å²) in [5, 5.41) is 0.760. The van der Waals surface area contributed by atoms with Gasteiger partial charge in [-0.25, -0.2) is 9.97 Å². The second kappa shape index (κ2) is 7.23. The fourth-order valence-electron chi connectivity index (χ4n) is 2.19. The number of primary amides is 1. The third kappa shape index (κ3) is 3.60. The largest absolute Gasteiger partial charge is 0.366 e. The van der Waals surface area contributed by atoms with Crippen LogP contribution in [0.25, 0.3) is 11.5 Å². The van der Waals surface area contributed by atoms with E-state index in [4.69, 9.17) is 5.73 Å². The molecule has 0 aliphatic heterocycles. The number of nitrogens with two attached hydrogens (primary N) is 1. The number of hydrogen-bond donors (Lipinski definition) is 1. The minimum absolute atomic E-state index is 0.451. The predicted octanol–water partition coefficient (Wildman–Crippen LogP) is 3.35. The van der Waals surface area contributed by atoms with Crippen molar-refractivity contribution in [2.45, 2.75) is 23.3 Å². The number of amides is 1. The SMILES string of the molecule is CCc1cc(Sc2ccccc2C(N)=O)nc(-c2ccccn2)n1. The van der Waals surface area contributed by atoms with Crippen LogP contribution in [0.4, 0.5) is 0 Å². The molecule has 2 N–H and O–H groups in total. The number of aryl methyl sites for hydroxylation is 1. The van der Waals surface area contributed by atoms with Crippen LogP contribution in [0, 0.1) is 0 Å². The van der Waals surface area contributed by atoms with Crippen molar-refractivity contribution in [2.75, 3.05) is 0 Å². The first-order chi connectivity index (χ1) is 11.7. The quantitative estimate of drug-likeness (QED) is 0.723. The molecule has 0 atom stereocenters. The van der Waals surface area contributed by atoms with Gasteiger partial charge in [-0.3, -0.25) is 9.78 Å². The Morgan fingerprint density at radius 1 is 1.12 bits per heavy atom. The first-order valence-electron chi connectivity index (χ1n) is 7.53. The van der Waals surface area contributed by atoms with Gasteiger partial charge in [0.1, 0.15) is 10.7 Å². The van der Waals surface area contributed by atoms with E-state index in [1.165, 1.54) is 11.8 Å². The third-order valence-electron chi connectivity index (χ3n) is 3.38. The van der Waals surface area contributed by atoms with Crippen LogP contribution < -0.4 is 5.73 Å². The zero-order valence-electron chi connectivity index (χ0n) is 13.1. The summed E-state index contributed by atoms with van der Waals surface area (Å²) >= 11 is 1.40. The van der Waals surface area contributed by atoms with Crippen molar-refractivity contribution in [2.24, 2.45) is 5.73 Å². The first-order valence-corrected chi connectivity index (χ1v) is 8.35. The molecule has 2 aromatic heterocycles. The molecule has 0 bridgehead atoms. The third-order valence-corrected chi connectivity index (χ3v) is 4.37. The molecule has 120 valence electrons. The standard InChI is InChI=1S/C18H16N4OS/c1-2-12-11-16(22-18(21-12)14-8-5-6-10-20-14)24-15-9-4-3-7-13(15)17(19)23/h3-11H,2H2,1H3,(H2,19,23). The lowest BCUT2D eigenvalue weighted by molar-refractivity contribution is 0.0997. The summed E-state index contributed by atoms with van der Waals surface area (Å²) in [5.74, 6) is 0.127. The highest BCUT2D eigenvalue weighted by Gasteiger charge is 2.12. The minimum atomic E-state index is -0.451. The number of carbonyl (C=O) groups excluding carboxylic acids is 1. The van der Waals surface area contributed by atoms with E-state index in [0.29, 0.717) is 11.4 Å². The van der Waals surface area contributed by atoms with Gasteiger partial charge < -0.3 is 5.73 Å². The number of rotatable bonds is 5. The van der Waals surface area contributed by atoms with Crippen molar-refractivity contribution in [3.05, 3.63) is 66.0 Å². The van der Waals surface area contributed by atoms with E-state index in [1.807, 2.05) is 43.3 Å². The maximum absolute atomic E-state index is 11.6. The summed E-state index contributed by atoms with van der Waals surface area (Å²) in [4.78, 5) is 25.8. The van der Waals surface area contributed by atoms with Crippen LogP contribution in [0.2, 0.25) is 0 Å². The van der Waals surface area contributed by atoms with Gasteiger partial charge in [-0.1, -0.05) is 36.9 Å². The average molecular weight is 336 g/mol. The Balaban J connectivity index is 2.01. The van der Waals surface area contributed by atoms with Gasteiger partial charge in [0, 0.05) is 16.8 Å². The van der Waals surface area contributed by atoms with Crippen LogP contribution in [0.15, 0.2) is 64.6 Å². The summed E-state index contributed by atoms with van der Waals surface area (Å²) in [7, 11) is 0. The predicted molar refractivity (Wildman–Crippen MR) is 93.7 cm³/mol. The van der Waals surface area contributed by atoms with Crippen LogP contribution in [-0.4, -0.2) is 20.9 Å². The summed E-state index contributed by atoms with van der Waals surface area (Å²) in [6.07, 6.45) is 2.50. The monoisotopic (exact) mass is 336 g/mol. The molecule has 24 heavy (non-hydrogen) atoms. The van der Waals surface area contributed by atoms with Gasteiger partial charge in [0.05, 0.1) is 5.56 Å². The van der Waals surface area contributed by atoms with Crippen molar-refractivity contribution in [1.82, 2.24) is 15.0 Å². The molecule has 5 nitrogen and oxygen atoms in total. The molecule has 2 heterocycles. The Bertz CT molecular complexity index is 868. The van der Waals surface area contributed by atoms with Crippen molar-refractivity contribution in [1.29, 1.82) is 0 Å². The maximum atomic E-state index is 11.6. The number of hydrogen-bond acceptors (Lipinski definition) is 5. The number of pyridine rings is 1. The number of carbonyl (C=O) groups is 1. The highest BCUT2D eigenvalue weighted by atomic mass is 32.2. The molecule has 6 heteroatoms. The van der Waals surface area contributed by atoms with Crippen molar-refractivity contribution < 1.29 is 4.79 Å². The van der Waals surface area contributed by atoms with Crippen LogP contribution in [0.5, 0.6) is 0 Å². The molecule has 1 aromatic carbocycles. The molecule has 0 unspecified atom stereocenters. The summed E-state index contributed by atoms with van der Waals surface area (Å²) in [6.45, 7) is 2.04. The molecule has 0 saturated carbocycles. The van der Waals surface area contributed by atoms with Crippen LogP contribution >= 0.6 is 11.8 Å². The van der Waals surface area contributed by atoms with Crippen LogP contribution in [0.1, 0.15) is 23.0 Å². The molecular weight excluding hydrogens is 320 g/mol. The molecule has 1 amide bonds. The van der Waals surface area contributed by atoms with Crippen molar-refractivity contribution in [3.8, 4) is 11.5 Å². The van der Waals surface area contributed by atoms with E-state index >= 15 is 0 Å². The van der Waals surface area contributed by atoms with E-state index in [-0.39, 0.29) is 0 Å². The molecule has 3 aromatic rings. The topological polar surface area (TPSA) is 81.8 Å². The summed E-state index contributed by atoms with van der Waals surface area (Å²) in [5.41, 5.74) is 7.58. The molecule has 0 radical (unpaired) electrons. The van der Waals surface area contributed by atoms with Crippen LogP contribution in [-0.2, 0) is 6.42 Å². The average Bonchev–Trinajstić information content (AvgIpc) is 2.62. The molecule has 0 aliphatic carbocycles. The van der Waals surface area contributed by atoms with E-state index in [1.54, 1.807) is 18.3 Å². The van der Waals surface area contributed by atoms with E-state index in [2.05, 4.69) is 15.0 Å². The highest BCUT2D eigenvalue weighted by molar-refractivity contribution is 7.99. The lowest BCUT2D eigenvalue weighted by Crippen LogP contribution is -2.12. The second-order valence-corrected chi connectivity index (χ2v) is 6.11. The number of benzene rings is 1. The maximum Gasteiger partial charge on any atom is 0.249 e. The lowest BCUT2D eigenvalue weighted by atomic mass is 10.2. The smallest absolute Gasteiger partial charge is 0.249 e. The molecule has 0 spiro atoms. The minimum Gasteiger partial charge on any atom is -0.366 e. The Morgan fingerprint density at radius 2 is 1.92 bits per heavy atom. The van der Waals surface area contributed by atoms with Crippen LogP contribution in [0.3, 0.4) is 0 Å². The van der Waals surface area contributed by atoms with Gasteiger partial charge in [0.2, 0.25) is 5.91 Å². The van der Waals surface area contributed by atoms with Gasteiger partial charge in [-0.15, -0.1) is 0 Å². The van der Waals surface area contributed by atoms with Crippen molar-refractivity contribution >= 4 is 17.7 Å². The summed E-state index contributed by atoms with van der Waals surface area (Å²) < 4.78 is 0. The van der Waals surface area contributed by atoms with E-state index in [9.17, 15) is 4.79 Å². The van der Waals surface area contributed by atoms with Crippen molar-refractivity contribution in [3.63, 3.8) is 0 Å².